The van der Waals surface area contributed by atoms with Crippen molar-refractivity contribution in [1.82, 2.24) is 60.9 Å². The highest BCUT2D eigenvalue weighted by Crippen LogP contribution is 2.27. The van der Waals surface area contributed by atoms with Crippen LogP contribution in [0.5, 0.6) is 0 Å². The van der Waals surface area contributed by atoms with Crippen LogP contribution in [0.25, 0.3) is 0 Å². The molecule has 0 aromatic rings. The summed E-state index contributed by atoms with van der Waals surface area (Å²) < 4.78 is 0. The van der Waals surface area contributed by atoms with Gasteiger partial charge in [-0.3, -0.25) is 52.7 Å². The van der Waals surface area contributed by atoms with E-state index in [0.717, 1.165) is 25.9 Å². The number of unbranched alkanes of at least 4 members (excludes halogenated alkanes) is 1. The van der Waals surface area contributed by atoms with E-state index in [1.54, 1.807) is 34.6 Å². The van der Waals surface area contributed by atoms with Gasteiger partial charge in [-0.15, -0.1) is 0 Å². The van der Waals surface area contributed by atoms with Gasteiger partial charge in [0.2, 0.25) is 65.0 Å². The topological polar surface area (TPSA) is 291 Å². The first-order valence-corrected chi connectivity index (χ1v) is 36.3. The van der Waals surface area contributed by atoms with Crippen molar-refractivity contribution in [2.45, 2.75) is 261 Å². The third kappa shape index (κ3) is 27.5. The van der Waals surface area contributed by atoms with Crippen LogP contribution in [0.1, 0.15) is 189 Å². The molecule has 1 heterocycles. The Labute approximate surface area is 581 Å². The summed E-state index contributed by atoms with van der Waals surface area (Å²) in [7, 11) is 10.3. The largest absolute Gasteiger partial charge is 0.390 e. The van der Waals surface area contributed by atoms with E-state index in [1.807, 2.05) is 67.5 Å². The van der Waals surface area contributed by atoms with Gasteiger partial charge in [-0.2, -0.15) is 11.8 Å². The minimum atomic E-state index is -1.56. The Morgan fingerprint density at radius 1 is 0.490 bits per heavy atom. The molecule has 0 spiro atoms. The molecule has 1 aliphatic rings. The lowest BCUT2D eigenvalue weighted by Gasteiger charge is -2.41. The van der Waals surface area contributed by atoms with Gasteiger partial charge in [0.25, 0.3) is 0 Å². The van der Waals surface area contributed by atoms with E-state index in [1.165, 1.54) is 123 Å². The van der Waals surface area contributed by atoms with Crippen LogP contribution >= 0.6 is 11.8 Å². The van der Waals surface area contributed by atoms with Gasteiger partial charge in [-0.1, -0.05) is 109 Å². The maximum absolute atomic E-state index is 15.4. The second-order valence-electron chi connectivity index (χ2n) is 30.0. The molecule has 1 rings (SSSR count). The average Bonchev–Trinajstić information content (AvgIpc) is 2.31. The van der Waals surface area contributed by atoms with E-state index in [9.17, 15) is 24.3 Å². The van der Waals surface area contributed by atoms with Crippen molar-refractivity contribution < 1.29 is 57.8 Å². The summed E-state index contributed by atoms with van der Waals surface area (Å²) in [5.41, 5.74) is -1.56. The number of carbonyl (C=O) groups is 11. The Hall–Kier alpha value is -5.82. The van der Waals surface area contributed by atoms with E-state index < -0.39 is 149 Å². The third-order valence-electron chi connectivity index (χ3n) is 17.9. The molecule has 0 aromatic heterocycles. The molecule has 1 aliphatic heterocycles. The molecule has 0 unspecified atom stereocenters. The lowest BCUT2D eigenvalue weighted by atomic mass is 9.93. The number of amides is 11. The van der Waals surface area contributed by atoms with Gasteiger partial charge >= 0.3 is 0 Å². The van der Waals surface area contributed by atoms with Crippen molar-refractivity contribution in [3.63, 3.8) is 0 Å². The molecule has 0 aromatic carbocycles. The number of allylic oxidation sites excluding steroid dienone is 2. The Balaban J connectivity index is 4.50. The molecule has 0 radical (unpaired) electrons. The molecule has 6 N–H and O–H groups in total. The van der Waals surface area contributed by atoms with E-state index in [-0.39, 0.29) is 67.9 Å². The number of aliphatic hydroxyl groups is 1. The molecule has 0 bridgehead atoms. The molecule has 1 saturated heterocycles. The zero-order valence-electron chi connectivity index (χ0n) is 63.7. The molecule has 0 saturated carbocycles. The van der Waals surface area contributed by atoms with Crippen molar-refractivity contribution in [2.75, 3.05) is 73.9 Å². The summed E-state index contributed by atoms with van der Waals surface area (Å²) in [6.07, 6.45) is 6.40. The van der Waals surface area contributed by atoms with Crippen LogP contribution in [0, 0.1) is 41.4 Å². The summed E-state index contributed by atoms with van der Waals surface area (Å²) in [5, 5.41) is 26.1. The highest BCUT2D eigenvalue weighted by molar-refractivity contribution is 7.99. The first-order chi connectivity index (χ1) is 44.4. The van der Waals surface area contributed by atoms with Crippen LogP contribution in [0.4, 0.5) is 0 Å². The fourth-order valence-corrected chi connectivity index (χ4v) is 13.1. The summed E-state index contributed by atoms with van der Waals surface area (Å²) in [6.45, 7) is 35.6. The zero-order valence-corrected chi connectivity index (χ0v) is 64.5. The van der Waals surface area contributed by atoms with Crippen molar-refractivity contribution in [1.29, 1.82) is 0 Å². The first-order valence-electron chi connectivity index (χ1n) is 35.1. The van der Waals surface area contributed by atoms with Gasteiger partial charge < -0.3 is 66.0 Å². The lowest BCUT2D eigenvalue weighted by molar-refractivity contribution is -0.156. The van der Waals surface area contributed by atoms with Crippen LogP contribution in [-0.4, -0.2) is 250 Å². The maximum Gasteiger partial charge on any atom is 0.246 e. The van der Waals surface area contributed by atoms with Crippen molar-refractivity contribution in [3.05, 3.63) is 12.2 Å². The molecule has 96 heavy (non-hydrogen) atoms. The molecule has 24 nitrogen and oxygen atoms in total. The van der Waals surface area contributed by atoms with Gasteiger partial charge in [0.1, 0.15) is 66.5 Å². The van der Waals surface area contributed by atoms with E-state index >= 15 is 33.6 Å². The van der Waals surface area contributed by atoms with E-state index in [2.05, 4.69) is 40.4 Å². The Morgan fingerprint density at radius 2 is 0.927 bits per heavy atom. The monoisotopic (exact) mass is 1370 g/mol. The molecular weight excluding hydrogens is 1240 g/mol. The summed E-state index contributed by atoms with van der Waals surface area (Å²) in [6, 6.07) is -13.4. The van der Waals surface area contributed by atoms with Crippen LogP contribution in [0.2, 0.25) is 0 Å². The Morgan fingerprint density at radius 3 is 1.42 bits per heavy atom. The minimum absolute atomic E-state index is 0.0630. The highest BCUT2D eigenvalue weighted by Gasteiger charge is 2.45. The molecule has 1 fully saturated rings. The second-order valence-corrected chi connectivity index (χ2v) is 31.2. The third-order valence-corrected chi connectivity index (χ3v) is 19.1. The Bertz CT molecular complexity index is 2580. The molecule has 0 aliphatic carbocycles. The van der Waals surface area contributed by atoms with Gasteiger partial charge in [0, 0.05) is 61.5 Å². The zero-order chi connectivity index (χ0) is 74.1. The van der Waals surface area contributed by atoms with Crippen LogP contribution in [0.3, 0.4) is 0 Å². The van der Waals surface area contributed by atoms with Crippen molar-refractivity contribution in [2.24, 2.45) is 41.4 Å². The number of thioether (sulfide) groups is 1. The van der Waals surface area contributed by atoms with Crippen LogP contribution in [0.15, 0.2) is 12.2 Å². The maximum atomic E-state index is 15.4. The fourth-order valence-electron chi connectivity index (χ4n) is 12.0. The molecule has 552 valence electrons. The summed E-state index contributed by atoms with van der Waals surface area (Å²) >= 11 is 1.45. The minimum Gasteiger partial charge on any atom is -0.390 e. The summed E-state index contributed by atoms with van der Waals surface area (Å²) in [4.78, 5) is 173. The number of rotatable bonds is 24. The number of nitrogens with zero attached hydrogens (tertiary/aromatic N) is 7. The fraction of sp³-hybridized carbons (Fsp3) is 0.817. The van der Waals surface area contributed by atoms with Gasteiger partial charge in [0.15, 0.2) is 0 Å². The second kappa shape index (κ2) is 41.6. The van der Waals surface area contributed by atoms with Gasteiger partial charge in [-0.25, -0.2) is 0 Å². The molecule has 11 amide bonds. The average molecular weight is 1380 g/mol. The number of likely N-dealkylation sites (N-methyl/N-ethyl adjacent to an activating group) is 7. The predicted octanol–water partition coefficient (Wildman–Crippen LogP) is 5.54. The molecule has 25 heteroatoms. The Kier molecular flexibility index (Phi) is 38.2. The number of hydrogen-bond acceptors (Lipinski definition) is 14. The normalized spacial score (nSPS) is 25.8. The number of carbonyl (C=O) groups excluding carboxylic acids is 11. The van der Waals surface area contributed by atoms with E-state index in [0.29, 0.717) is 18.1 Å². The molecular formula is C71H130N12O12S. The number of hydrogen-bond donors (Lipinski definition) is 6. The first kappa shape index (κ1) is 88.2. The highest BCUT2D eigenvalue weighted by atomic mass is 32.2. The van der Waals surface area contributed by atoms with E-state index in [4.69, 9.17) is 0 Å². The quantitative estimate of drug-likeness (QED) is 0.0511. The van der Waals surface area contributed by atoms with Crippen molar-refractivity contribution >= 4 is 76.7 Å². The van der Waals surface area contributed by atoms with Crippen molar-refractivity contribution in [3.8, 4) is 0 Å². The van der Waals surface area contributed by atoms with Gasteiger partial charge in [-0.05, 0) is 146 Å². The number of nitrogens with one attached hydrogen (secondary N) is 5. The molecule has 12 atom stereocenters. The lowest BCUT2D eigenvalue weighted by Crippen LogP contribution is -2.62. The van der Waals surface area contributed by atoms with Crippen LogP contribution in [-0.2, 0) is 52.7 Å². The van der Waals surface area contributed by atoms with Gasteiger partial charge in [0.05, 0.1) is 5.60 Å². The summed E-state index contributed by atoms with van der Waals surface area (Å²) in [5.74, 6) is -7.70. The predicted molar refractivity (Wildman–Crippen MR) is 382 cm³/mol. The SMILES string of the molecule is C/C=C/C[C@@H](C)C[C@H]1C(=O)N[C@H](CC)C(=O)N(C)[C@H](CSCCCCNCC(C)C)C(=O)N(C)[C@@H](CC(C)(C)O)C(=O)N[C@H](C(C)C)C(=O)N(C)[C@H](CC(C)C)C(=O)N[C@H](C)C(=O)N[C@@H](C)C(=O)N(C)[C@@H](CC(C)C)C(=O)N(C)[C@H](CC(C)C)C(=O)N(C)[C@H](C(C)C)C(=O)N1C. The standard InChI is InChI=1S/C71H130N12O12S/c1-27-29-32-48(15)38-53-62(86)75-51(28-2)65(89)82(25)57(41-96-34-31-30-33-72-40-45(9)10)68(92)81(24)56(39-71(18,19)95)63(87)76-58(46(11)12)69(93)77(20)52(35-42(3)4)61(85)73-49(16)60(84)74-50(17)64(88)79(22)54(36-43(5)6)66(90)80(23)55(37-44(7)8)67(91)83(26)59(47(13)14)70(94)78(53)21/h27,29,42-59,72,95H,28,30-41H2,1-26H3,(H,73,85)(H,74,84)(H,75,86)(H,76,87)/b29-27+/t48-,49-,50+,51-,52-,53+,54+,55-,56+,57-,58-,59-/m1/s1. The van der Waals surface area contributed by atoms with Crippen LogP contribution < -0.4 is 26.6 Å². The smallest absolute Gasteiger partial charge is 0.246 e.